The quantitative estimate of drug-likeness (QED) is 0.685. The summed E-state index contributed by atoms with van der Waals surface area (Å²) < 4.78 is 38.8. The number of rotatable bonds is 3. The fourth-order valence-corrected chi connectivity index (χ4v) is 4.27. The second-order valence-electron chi connectivity index (χ2n) is 7.82. The van der Waals surface area contributed by atoms with E-state index in [4.69, 9.17) is 11.6 Å². The first-order valence-electron chi connectivity index (χ1n) is 9.71. The second-order valence-corrected chi connectivity index (χ2v) is 8.25. The molecule has 1 amide bonds. The van der Waals surface area contributed by atoms with Crippen LogP contribution in [0.2, 0.25) is 5.02 Å². The van der Waals surface area contributed by atoms with Crippen molar-refractivity contribution in [2.45, 2.75) is 25.4 Å². The van der Waals surface area contributed by atoms with Crippen molar-refractivity contribution in [2.75, 3.05) is 31.1 Å². The Balaban J connectivity index is 1.37. The Hall–Kier alpha value is -2.21. The van der Waals surface area contributed by atoms with E-state index in [1.807, 2.05) is 30.0 Å². The van der Waals surface area contributed by atoms with Gasteiger partial charge in [-0.25, -0.2) is 0 Å². The maximum absolute atomic E-state index is 12.9. The van der Waals surface area contributed by atoms with Crippen molar-refractivity contribution in [1.29, 1.82) is 0 Å². The summed E-state index contributed by atoms with van der Waals surface area (Å²) in [5.41, 5.74) is 2.17. The largest absolute Gasteiger partial charge is 0.416 e. The second kappa shape index (κ2) is 7.56. The molecule has 2 aliphatic rings. The summed E-state index contributed by atoms with van der Waals surface area (Å²) in [6.07, 6.45) is -3.74. The first-order chi connectivity index (χ1) is 13.7. The molecule has 154 valence electrons. The SMILES string of the molecule is Cc1ccc(Cl)cc1N1CCN(C(=O)[C@@H]2C[C@@H]2c2cccc(C(F)(F)F)c2)CC1. The van der Waals surface area contributed by atoms with Gasteiger partial charge in [0.15, 0.2) is 0 Å². The van der Waals surface area contributed by atoms with Crippen molar-refractivity contribution in [3.05, 3.63) is 64.2 Å². The lowest BCUT2D eigenvalue weighted by atomic mass is 10.0. The van der Waals surface area contributed by atoms with Gasteiger partial charge in [-0.15, -0.1) is 0 Å². The van der Waals surface area contributed by atoms with Crippen molar-refractivity contribution in [2.24, 2.45) is 5.92 Å². The average molecular weight is 423 g/mol. The van der Waals surface area contributed by atoms with Gasteiger partial charge in [0.2, 0.25) is 5.91 Å². The van der Waals surface area contributed by atoms with Crippen molar-refractivity contribution in [3.63, 3.8) is 0 Å². The highest BCUT2D eigenvalue weighted by molar-refractivity contribution is 6.30. The third kappa shape index (κ3) is 4.22. The van der Waals surface area contributed by atoms with Crippen molar-refractivity contribution in [1.82, 2.24) is 4.90 Å². The Kier molecular flexibility index (Phi) is 5.23. The molecule has 1 saturated carbocycles. The molecule has 2 aromatic carbocycles. The van der Waals surface area contributed by atoms with Gasteiger partial charge in [-0.2, -0.15) is 13.2 Å². The van der Waals surface area contributed by atoms with E-state index in [-0.39, 0.29) is 17.7 Å². The molecule has 0 bridgehead atoms. The zero-order valence-corrected chi connectivity index (χ0v) is 16.8. The Bertz CT molecular complexity index is 923. The number of amides is 1. The number of hydrogen-bond donors (Lipinski definition) is 0. The van der Waals surface area contributed by atoms with Crippen LogP contribution in [0.5, 0.6) is 0 Å². The van der Waals surface area contributed by atoms with E-state index in [2.05, 4.69) is 4.90 Å². The summed E-state index contributed by atoms with van der Waals surface area (Å²) in [5, 5.41) is 0.686. The summed E-state index contributed by atoms with van der Waals surface area (Å²) in [5.74, 6) is -0.272. The fourth-order valence-electron chi connectivity index (χ4n) is 4.11. The third-order valence-corrected chi connectivity index (χ3v) is 6.09. The molecule has 0 spiro atoms. The molecule has 0 aromatic heterocycles. The van der Waals surface area contributed by atoms with Gasteiger partial charge in [-0.3, -0.25) is 4.79 Å². The van der Waals surface area contributed by atoms with Gasteiger partial charge in [-0.1, -0.05) is 35.9 Å². The van der Waals surface area contributed by atoms with E-state index in [1.54, 1.807) is 6.07 Å². The van der Waals surface area contributed by atoms with E-state index in [9.17, 15) is 18.0 Å². The monoisotopic (exact) mass is 422 g/mol. The van der Waals surface area contributed by atoms with E-state index in [0.29, 0.717) is 43.2 Å². The zero-order chi connectivity index (χ0) is 20.8. The number of anilines is 1. The van der Waals surface area contributed by atoms with Crippen LogP contribution in [0.15, 0.2) is 42.5 Å². The highest BCUT2D eigenvalue weighted by atomic mass is 35.5. The summed E-state index contributed by atoms with van der Waals surface area (Å²) in [7, 11) is 0. The van der Waals surface area contributed by atoms with Gasteiger partial charge >= 0.3 is 6.18 Å². The van der Waals surface area contributed by atoms with Crippen molar-refractivity contribution in [3.8, 4) is 0 Å². The van der Waals surface area contributed by atoms with E-state index >= 15 is 0 Å². The van der Waals surface area contributed by atoms with Crippen LogP contribution in [-0.4, -0.2) is 37.0 Å². The Labute approximate surface area is 173 Å². The van der Waals surface area contributed by atoms with Gasteiger partial charge < -0.3 is 9.80 Å². The van der Waals surface area contributed by atoms with E-state index < -0.39 is 11.7 Å². The summed E-state index contributed by atoms with van der Waals surface area (Å²) >= 11 is 6.12. The highest BCUT2D eigenvalue weighted by Gasteiger charge is 2.46. The van der Waals surface area contributed by atoms with Gasteiger partial charge in [-0.05, 0) is 48.6 Å². The maximum atomic E-state index is 12.9. The average Bonchev–Trinajstić information content (AvgIpc) is 3.50. The smallest absolute Gasteiger partial charge is 0.368 e. The minimum atomic E-state index is -4.36. The molecule has 0 N–H and O–H groups in total. The minimum absolute atomic E-state index is 0.0508. The fraction of sp³-hybridized carbons (Fsp3) is 0.409. The first kappa shape index (κ1) is 20.1. The molecule has 4 rings (SSSR count). The molecule has 1 aliphatic heterocycles. The standard InChI is InChI=1S/C22H22ClF3N2O/c1-14-5-6-17(23)12-20(14)27-7-9-28(10-8-27)21(29)19-13-18(19)15-3-2-4-16(11-15)22(24,25)26/h2-6,11-12,18-19H,7-10,13H2,1H3/t18-,19-/m1/s1. The number of nitrogens with zero attached hydrogens (tertiary/aromatic N) is 2. The zero-order valence-electron chi connectivity index (χ0n) is 16.0. The lowest BCUT2D eigenvalue weighted by Crippen LogP contribution is -2.49. The molecule has 7 heteroatoms. The van der Waals surface area contributed by atoms with Gasteiger partial charge in [0.05, 0.1) is 5.56 Å². The number of piperazine rings is 1. The molecule has 2 atom stereocenters. The summed E-state index contributed by atoms with van der Waals surface area (Å²) in [6, 6.07) is 11.1. The first-order valence-corrected chi connectivity index (χ1v) is 10.1. The van der Waals surface area contributed by atoms with E-state index in [1.165, 1.54) is 12.1 Å². The molecule has 2 fully saturated rings. The molecular formula is C22H22ClF3N2O. The number of carbonyl (C=O) groups is 1. The number of alkyl halides is 3. The molecule has 0 radical (unpaired) electrons. The molecule has 3 nitrogen and oxygen atoms in total. The van der Waals surface area contributed by atoms with Crippen LogP contribution < -0.4 is 4.90 Å². The van der Waals surface area contributed by atoms with Crippen LogP contribution in [0.4, 0.5) is 18.9 Å². The van der Waals surface area contributed by atoms with Crippen LogP contribution in [0, 0.1) is 12.8 Å². The number of benzene rings is 2. The Morgan fingerprint density at radius 2 is 1.79 bits per heavy atom. The van der Waals surface area contributed by atoms with Crippen LogP contribution in [0.25, 0.3) is 0 Å². The number of halogens is 4. The predicted molar refractivity (Wildman–Crippen MR) is 107 cm³/mol. The lowest BCUT2D eigenvalue weighted by molar-refractivity contribution is -0.137. The predicted octanol–water partition coefficient (Wildman–Crippen LogP) is 5.12. The van der Waals surface area contributed by atoms with Gasteiger partial charge in [0.1, 0.15) is 0 Å². The maximum Gasteiger partial charge on any atom is 0.416 e. The van der Waals surface area contributed by atoms with Gasteiger partial charge in [0.25, 0.3) is 0 Å². The van der Waals surface area contributed by atoms with Crippen molar-refractivity contribution >= 4 is 23.2 Å². The number of hydrogen-bond acceptors (Lipinski definition) is 2. The van der Waals surface area contributed by atoms with Gasteiger partial charge in [0, 0.05) is 42.8 Å². The lowest BCUT2D eigenvalue weighted by Gasteiger charge is -2.37. The van der Waals surface area contributed by atoms with Crippen molar-refractivity contribution < 1.29 is 18.0 Å². The summed E-state index contributed by atoms with van der Waals surface area (Å²) in [6.45, 7) is 4.68. The number of carbonyl (C=O) groups excluding carboxylic acids is 1. The molecule has 1 heterocycles. The summed E-state index contributed by atoms with van der Waals surface area (Å²) in [4.78, 5) is 16.9. The molecule has 0 unspecified atom stereocenters. The molecular weight excluding hydrogens is 401 g/mol. The minimum Gasteiger partial charge on any atom is -0.368 e. The topological polar surface area (TPSA) is 23.6 Å². The molecule has 1 aliphatic carbocycles. The Morgan fingerprint density at radius 3 is 2.48 bits per heavy atom. The molecule has 2 aromatic rings. The van der Waals surface area contributed by atoms with E-state index in [0.717, 1.165) is 17.3 Å². The van der Waals surface area contributed by atoms with Crippen LogP contribution in [0.1, 0.15) is 29.0 Å². The third-order valence-electron chi connectivity index (χ3n) is 5.85. The Morgan fingerprint density at radius 1 is 1.07 bits per heavy atom. The highest BCUT2D eigenvalue weighted by Crippen LogP contribution is 2.49. The van der Waals surface area contributed by atoms with Crippen LogP contribution >= 0.6 is 11.6 Å². The van der Waals surface area contributed by atoms with Crippen LogP contribution in [0.3, 0.4) is 0 Å². The van der Waals surface area contributed by atoms with Crippen LogP contribution in [-0.2, 0) is 11.0 Å². The molecule has 1 saturated heterocycles. The number of aryl methyl sites for hydroxylation is 1. The normalized spacial score (nSPS) is 22.0. The molecule has 29 heavy (non-hydrogen) atoms.